The zero-order valence-corrected chi connectivity index (χ0v) is 17.2. The molecule has 0 atom stereocenters. The standard InChI is InChI=1S/C18H20N2O6S2/c1-12-4-5-14(10-13(12)2)19-28(24,25)17-11-15(6-7-16(17)26-3)20-18(21)8-9-27(20,22)23/h4-7,10-11,19H,8-9H2,1-3H3. The maximum Gasteiger partial charge on any atom is 0.265 e. The highest BCUT2D eigenvalue weighted by atomic mass is 32.2. The van der Waals surface area contributed by atoms with Gasteiger partial charge in [-0.3, -0.25) is 9.52 Å². The fourth-order valence-electron chi connectivity index (χ4n) is 2.89. The van der Waals surface area contributed by atoms with Gasteiger partial charge < -0.3 is 4.74 Å². The number of carbonyl (C=O) groups is 1. The van der Waals surface area contributed by atoms with Gasteiger partial charge in [0.25, 0.3) is 10.0 Å². The van der Waals surface area contributed by atoms with E-state index in [0.29, 0.717) is 9.99 Å². The molecule has 1 amide bonds. The first-order valence-electron chi connectivity index (χ1n) is 8.39. The molecule has 0 aliphatic carbocycles. The maximum absolute atomic E-state index is 12.9. The normalized spacial score (nSPS) is 16.2. The Morgan fingerprint density at radius 2 is 1.79 bits per heavy atom. The van der Waals surface area contributed by atoms with E-state index < -0.39 is 26.0 Å². The van der Waals surface area contributed by atoms with E-state index in [1.165, 1.54) is 19.2 Å². The van der Waals surface area contributed by atoms with Crippen LogP contribution in [0.3, 0.4) is 0 Å². The van der Waals surface area contributed by atoms with Crippen LogP contribution in [0.25, 0.3) is 0 Å². The summed E-state index contributed by atoms with van der Waals surface area (Å²) in [6.07, 6.45) is -0.142. The average molecular weight is 425 g/mol. The molecular weight excluding hydrogens is 404 g/mol. The van der Waals surface area contributed by atoms with Gasteiger partial charge in [0.1, 0.15) is 10.6 Å². The molecule has 1 fully saturated rings. The summed E-state index contributed by atoms with van der Waals surface area (Å²) >= 11 is 0. The van der Waals surface area contributed by atoms with Gasteiger partial charge in [-0.25, -0.2) is 21.1 Å². The molecule has 0 aromatic heterocycles. The van der Waals surface area contributed by atoms with Crippen molar-refractivity contribution in [2.45, 2.75) is 25.2 Å². The van der Waals surface area contributed by atoms with Gasteiger partial charge in [-0.05, 0) is 55.3 Å². The van der Waals surface area contributed by atoms with Gasteiger partial charge in [0.2, 0.25) is 15.9 Å². The first-order chi connectivity index (χ1) is 13.0. The number of anilines is 2. The summed E-state index contributed by atoms with van der Waals surface area (Å²) in [6, 6.07) is 8.90. The Bertz CT molecular complexity index is 1160. The van der Waals surface area contributed by atoms with E-state index in [9.17, 15) is 21.6 Å². The monoisotopic (exact) mass is 424 g/mol. The summed E-state index contributed by atoms with van der Waals surface area (Å²) in [4.78, 5) is 11.8. The van der Waals surface area contributed by atoms with Crippen molar-refractivity contribution in [2.24, 2.45) is 0 Å². The molecule has 0 radical (unpaired) electrons. The molecule has 1 saturated heterocycles. The Hall–Kier alpha value is -2.59. The number of sulfonamides is 2. The Balaban J connectivity index is 2.06. The van der Waals surface area contributed by atoms with Crippen LogP contribution in [0.5, 0.6) is 5.75 Å². The number of rotatable bonds is 5. The number of nitrogens with one attached hydrogen (secondary N) is 1. The minimum absolute atomic E-state index is 0.0316. The molecule has 1 heterocycles. The third-order valence-corrected chi connectivity index (χ3v) is 7.60. The molecule has 0 spiro atoms. The van der Waals surface area contributed by atoms with Crippen LogP contribution in [0.2, 0.25) is 0 Å². The van der Waals surface area contributed by atoms with Gasteiger partial charge in [0.05, 0.1) is 18.6 Å². The van der Waals surface area contributed by atoms with Crippen LogP contribution in [-0.4, -0.2) is 35.6 Å². The predicted octanol–water partition coefficient (Wildman–Crippen LogP) is 2.18. The third-order valence-electron chi connectivity index (χ3n) is 4.51. The van der Waals surface area contributed by atoms with Crippen LogP contribution in [0.15, 0.2) is 41.3 Å². The minimum Gasteiger partial charge on any atom is -0.495 e. The van der Waals surface area contributed by atoms with Crippen molar-refractivity contribution < 1.29 is 26.4 Å². The lowest BCUT2D eigenvalue weighted by atomic mass is 10.1. The van der Waals surface area contributed by atoms with Crippen LogP contribution < -0.4 is 13.8 Å². The van der Waals surface area contributed by atoms with Crippen LogP contribution >= 0.6 is 0 Å². The SMILES string of the molecule is COc1ccc(N2C(=O)CCS2(=O)=O)cc1S(=O)(=O)Nc1ccc(C)c(C)c1. The minimum atomic E-state index is -4.10. The maximum atomic E-state index is 12.9. The highest BCUT2D eigenvalue weighted by molar-refractivity contribution is 7.94. The van der Waals surface area contributed by atoms with Crippen molar-refractivity contribution in [3.05, 3.63) is 47.5 Å². The zero-order valence-electron chi connectivity index (χ0n) is 15.6. The van der Waals surface area contributed by atoms with E-state index in [1.807, 2.05) is 13.8 Å². The molecule has 0 unspecified atom stereocenters. The molecule has 1 N–H and O–H groups in total. The molecule has 3 rings (SSSR count). The predicted molar refractivity (Wildman–Crippen MR) is 106 cm³/mol. The second-order valence-electron chi connectivity index (χ2n) is 6.46. The quantitative estimate of drug-likeness (QED) is 0.788. The number of ether oxygens (including phenoxy) is 1. The molecule has 10 heteroatoms. The van der Waals surface area contributed by atoms with Crippen molar-refractivity contribution in [1.29, 1.82) is 0 Å². The third kappa shape index (κ3) is 3.69. The number of methoxy groups -OCH3 is 1. The number of amides is 1. The Kier molecular flexibility index (Phi) is 5.11. The molecule has 2 aromatic carbocycles. The van der Waals surface area contributed by atoms with Gasteiger partial charge in [-0.2, -0.15) is 0 Å². The van der Waals surface area contributed by atoms with Crippen LogP contribution in [-0.2, 0) is 24.8 Å². The van der Waals surface area contributed by atoms with E-state index >= 15 is 0 Å². The second kappa shape index (κ2) is 7.10. The second-order valence-corrected chi connectivity index (χ2v) is 10.1. The van der Waals surface area contributed by atoms with Crippen molar-refractivity contribution in [2.75, 3.05) is 21.9 Å². The fourth-order valence-corrected chi connectivity index (χ4v) is 5.58. The fraction of sp³-hybridized carbons (Fsp3) is 0.278. The Morgan fingerprint density at radius 1 is 1.07 bits per heavy atom. The van der Waals surface area contributed by atoms with E-state index in [4.69, 9.17) is 4.74 Å². The van der Waals surface area contributed by atoms with E-state index in [-0.39, 0.29) is 28.5 Å². The average Bonchev–Trinajstić information content (AvgIpc) is 2.90. The Morgan fingerprint density at radius 3 is 2.36 bits per heavy atom. The summed E-state index contributed by atoms with van der Waals surface area (Å²) < 4.78 is 58.4. The first kappa shape index (κ1) is 20.2. The highest BCUT2D eigenvalue weighted by Gasteiger charge is 2.37. The highest BCUT2D eigenvalue weighted by Crippen LogP contribution is 2.33. The molecule has 28 heavy (non-hydrogen) atoms. The first-order valence-corrected chi connectivity index (χ1v) is 11.5. The molecule has 2 aromatic rings. The van der Waals surface area contributed by atoms with E-state index in [2.05, 4.69) is 4.72 Å². The smallest absolute Gasteiger partial charge is 0.265 e. The van der Waals surface area contributed by atoms with Crippen LogP contribution in [0.1, 0.15) is 17.5 Å². The summed E-state index contributed by atoms with van der Waals surface area (Å²) in [7, 11) is -6.61. The van der Waals surface area contributed by atoms with Crippen LogP contribution in [0.4, 0.5) is 11.4 Å². The number of aryl methyl sites for hydroxylation is 2. The molecular formula is C18H20N2O6S2. The van der Waals surface area contributed by atoms with Gasteiger partial charge in [-0.1, -0.05) is 6.07 Å². The topological polar surface area (TPSA) is 110 Å². The van der Waals surface area contributed by atoms with E-state index in [1.54, 1.807) is 18.2 Å². The lowest BCUT2D eigenvalue weighted by Crippen LogP contribution is -2.29. The van der Waals surface area contributed by atoms with Crippen molar-refractivity contribution in [1.82, 2.24) is 0 Å². The lowest BCUT2D eigenvalue weighted by Gasteiger charge is -2.18. The van der Waals surface area contributed by atoms with Crippen molar-refractivity contribution in [3.63, 3.8) is 0 Å². The largest absolute Gasteiger partial charge is 0.495 e. The molecule has 1 aliphatic heterocycles. The van der Waals surface area contributed by atoms with Gasteiger partial charge >= 0.3 is 0 Å². The van der Waals surface area contributed by atoms with Crippen molar-refractivity contribution >= 4 is 37.3 Å². The van der Waals surface area contributed by atoms with E-state index in [0.717, 1.165) is 17.2 Å². The zero-order chi connectivity index (χ0) is 20.7. The molecule has 0 saturated carbocycles. The van der Waals surface area contributed by atoms with Gasteiger partial charge in [-0.15, -0.1) is 0 Å². The summed E-state index contributed by atoms with van der Waals surface area (Å²) in [5.41, 5.74) is 2.25. The van der Waals surface area contributed by atoms with Crippen molar-refractivity contribution in [3.8, 4) is 5.75 Å². The summed E-state index contributed by atoms with van der Waals surface area (Å²) in [5.74, 6) is -0.874. The number of carbonyl (C=O) groups excluding carboxylic acids is 1. The molecule has 0 bridgehead atoms. The number of hydrogen-bond acceptors (Lipinski definition) is 6. The molecule has 1 aliphatic rings. The lowest BCUT2D eigenvalue weighted by molar-refractivity contribution is -0.116. The number of hydrogen-bond donors (Lipinski definition) is 1. The molecule has 150 valence electrons. The van der Waals surface area contributed by atoms with Crippen LogP contribution in [0, 0.1) is 13.8 Å². The summed E-state index contributed by atoms with van der Waals surface area (Å²) in [6.45, 7) is 3.77. The number of benzene rings is 2. The molecule has 8 nitrogen and oxygen atoms in total. The van der Waals surface area contributed by atoms with Gasteiger partial charge in [0, 0.05) is 12.1 Å². The number of nitrogens with zero attached hydrogens (tertiary/aromatic N) is 1. The summed E-state index contributed by atoms with van der Waals surface area (Å²) in [5, 5.41) is 0. The Labute approximate surface area is 164 Å². The van der Waals surface area contributed by atoms with Gasteiger partial charge in [0.15, 0.2) is 0 Å².